The largest absolute Gasteiger partial charge is 0.478 e. The van der Waals surface area contributed by atoms with Crippen LogP contribution < -0.4 is 0 Å². The van der Waals surface area contributed by atoms with Crippen molar-refractivity contribution in [1.29, 1.82) is 0 Å². The van der Waals surface area contributed by atoms with Gasteiger partial charge in [-0.2, -0.15) is 0 Å². The lowest BCUT2D eigenvalue weighted by atomic mass is 10.8. The molecule has 0 amide bonds. The van der Waals surface area contributed by atoms with Gasteiger partial charge >= 0.3 is 5.97 Å². The Kier molecular flexibility index (Phi) is 8.45. The van der Waals surface area contributed by atoms with E-state index in [4.69, 9.17) is 63.1 Å². The topological polar surface area (TPSA) is 37.3 Å². The minimum absolute atomic E-state index is 0.222. The number of aliphatic carboxylic acids is 1. The van der Waals surface area contributed by atoms with Crippen LogP contribution in [0.3, 0.4) is 0 Å². The molecule has 1 N–H and O–H groups in total. The van der Waals surface area contributed by atoms with E-state index in [9.17, 15) is 4.79 Å². The maximum Gasteiger partial charge on any atom is 0.356 e. The summed E-state index contributed by atoms with van der Waals surface area (Å²) in [5.41, 5.74) is 0. The highest BCUT2D eigenvalue weighted by Gasteiger charge is 2.29. The van der Waals surface area contributed by atoms with E-state index in [2.05, 4.69) is 0 Å². The Hall–Kier alpha value is 0.920. The van der Waals surface area contributed by atoms with Gasteiger partial charge in [0.05, 0.1) is 0 Å². The van der Waals surface area contributed by atoms with Crippen LogP contribution in [0.25, 0.3) is 0 Å². The second kappa shape index (κ2) is 6.44. The number of alkyl halides is 5. The molecule has 2 nitrogen and oxygen atoms in total. The predicted molar refractivity (Wildman–Crippen MR) is 49.1 cm³/mol. The van der Waals surface area contributed by atoms with E-state index in [1.807, 2.05) is 0 Å². The van der Waals surface area contributed by atoms with E-state index in [-0.39, 0.29) is 4.84 Å². The molecule has 0 aromatic carbocycles. The lowest BCUT2D eigenvalue weighted by Gasteiger charge is -1.99. The summed E-state index contributed by atoms with van der Waals surface area (Å²) < 4.78 is -2.17. The zero-order valence-corrected chi connectivity index (χ0v) is 9.10. The third-order valence-electron chi connectivity index (χ3n) is 0.243. The van der Waals surface area contributed by atoms with Gasteiger partial charge in [0.25, 0.3) is 3.79 Å². The fourth-order valence-corrected chi connectivity index (χ4v) is 0. The Morgan fingerprint density at radius 3 is 1.45 bits per heavy atom. The van der Waals surface area contributed by atoms with Crippen LogP contribution in [0.15, 0.2) is 0 Å². The molecule has 0 aliphatic heterocycles. The van der Waals surface area contributed by atoms with E-state index in [1.165, 1.54) is 0 Å². The lowest BCUT2D eigenvalue weighted by molar-refractivity contribution is -0.135. The summed E-state index contributed by atoms with van der Waals surface area (Å²) >= 11 is 24.5. The van der Waals surface area contributed by atoms with E-state index < -0.39 is 9.76 Å². The first-order valence-corrected chi connectivity index (χ1v) is 4.27. The Morgan fingerprint density at radius 1 is 1.36 bits per heavy atom. The summed E-state index contributed by atoms with van der Waals surface area (Å²) in [5.74, 6) is -1.46. The fourth-order valence-electron chi connectivity index (χ4n) is 0. The third kappa shape index (κ3) is 18.1. The fraction of sp³-hybridized carbons (Fsp3) is 0.750. The molecule has 0 bridgehead atoms. The van der Waals surface area contributed by atoms with Gasteiger partial charge in [-0.05, 0) is 6.92 Å². The second-order valence-corrected chi connectivity index (χ2v) is 5.14. The smallest absolute Gasteiger partial charge is 0.356 e. The standard InChI is InChI=1S/C2HCl3O2.C2H4Cl2/c3-2(4,5)1(6)7;1-2(3)4/h(H,6,7);2H,1H3. The van der Waals surface area contributed by atoms with Gasteiger partial charge in [-0.3, -0.25) is 0 Å². The Morgan fingerprint density at radius 2 is 1.45 bits per heavy atom. The summed E-state index contributed by atoms with van der Waals surface area (Å²) in [4.78, 5) is 9.40. The summed E-state index contributed by atoms with van der Waals surface area (Å²) in [6.07, 6.45) is 0. The highest BCUT2D eigenvalue weighted by atomic mass is 35.6. The molecule has 0 aromatic heterocycles. The van der Waals surface area contributed by atoms with Crippen molar-refractivity contribution in [3.8, 4) is 0 Å². The SMILES string of the molecule is CC(Cl)Cl.O=C(O)C(Cl)(Cl)Cl. The molecule has 0 radical (unpaired) electrons. The van der Waals surface area contributed by atoms with Crippen molar-refractivity contribution in [2.45, 2.75) is 15.6 Å². The zero-order valence-electron chi connectivity index (χ0n) is 5.32. The number of rotatable bonds is 0. The molecule has 0 fully saturated rings. The summed E-state index contributed by atoms with van der Waals surface area (Å²) in [5, 5.41) is 7.85. The molecule has 7 heteroatoms. The molecule has 0 aliphatic carbocycles. The number of hydrogen-bond donors (Lipinski definition) is 1. The number of carboxylic acid groups (broad SMARTS) is 1. The minimum Gasteiger partial charge on any atom is -0.478 e. The highest BCUT2D eigenvalue weighted by molar-refractivity contribution is 6.75. The van der Waals surface area contributed by atoms with Crippen molar-refractivity contribution in [3.63, 3.8) is 0 Å². The molecule has 0 rings (SSSR count). The summed E-state index contributed by atoms with van der Waals surface area (Å²) in [7, 11) is 0. The van der Waals surface area contributed by atoms with E-state index in [0.717, 1.165) is 0 Å². The molecular weight excluding hydrogens is 257 g/mol. The molecule has 0 spiro atoms. The predicted octanol–water partition coefficient (Wildman–Crippen LogP) is 3.25. The van der Waals surface area contributed by atoms with Crippen LogP contribution >= 0.6 is 58.0 Å². The number of carbonyl (C=O) groups is 1. The van der Waals surface area contributed by atoms with Crippen LogP contribution in [-0.2, 0) is 4.79 Å². The van der Waals surface area contributed by atoms with Crippen molar-refractivity contribution in [3.05, 3.63) is 0 Å². The van der Waals surface area contributed by atoms with Crippen molar-refractivity contribution in [1.82, 2.24) is 0 Å². The van der Waals surface area contributed by atoms with Crippen molar-refractivity contribution < 1.29 is 9.90 Å². The van der Waals surface area contributed by atoms with Gasteiger partial charge in [0, 0.05) is 0 Å². The third-order valence-corrected chi connectivity index (χ3v) is 0.728. The number of halogens is 5. The highest BCUT2D eigenvalue weighted by Crippen LogP contribution is 2.25. The van der Waals surface area contributed by atoms with Crippen LogP contribution in [0.5, 0.6) is 0 Å². The maximum absolute atomic E-state index is 9.62. The quantitative estimate of drug-likeness (QED) is 0.680. The lowest BCUT2D eigenvalue weighted by Crippen LogP contribution is -2.16. The molecule has 0 aliphatic rings. The molecule has 0 saturated carbocycles. The van der Waals surface area contributed by atoms with Crippen LogP contribution in [-0.4, -0.2) is 19.7 Å². The van der Waals surface area contributed by atoms with Crippen molar-refractivity contribution in [2.75, 3.05) is 0 Å². The second-order valence-electron chi connectivity index (χ2n) is 1.32. The summed E-state index contributed by atoms with van der Waals surface area (Å²) in [6.45, 7) is 1.70. The molecule has 0 heterocycles. The Balaban J connectivity index is 0. The van der Waals surface area contributed by atoms with Crippen LogP contribution in [0.1, 0.15) is 6.92 Å². The van der Waals surface area contributed by atoms with Gasteiger partial charge < -0.3 is 5.11 Å². The van der Waals surface area contributed by atoms with Crippen LogP contribution in [0.2, 0.25) is 0 Å². The van der Waals surface area contributed by atoms with E-state index >= 15 is 0 Å². The normalized spacial score (nSPS) is 10.5. The van der Waals surface area contributed by atoms with Crippen LogP contribution in [0.4, 0.5) is 0 Å². The molecule has 0 saturated heterocycles. The summed E-state index contributed by atoms with van der Waals surface area (Å²) in [6, 6.07) is 0. The minimum atomic E-state index is -2.17. The number of hydrogen-bond acceptors (Lipinski definition) is 1. The van der Waals surface area contributed by atoms with Gasteiger partial charge in [-0.1, -0.05) is 34.8 Å². The van der Waals surface area contributed by atoms with Gasteiger partial charge in [0.1, 0.15) is 4.84 Å². The Labute approximate surface area is 89.3 Å². The maximum atomic E-state index is 9.62. The molecule has 11 heavy (non-hydrogen) atoms. The zero-order chi connectivity index (χ0) is 9.65. The van der Waals surface area contributed by atoms with E-state index in [0.29, 0.717) is 0 Å². The first-order valence-electron chi connectivity index (χ1n) is 2.26. The number of carboxylic acids is 1. The van der Waals surface area contributed by atoms with Gasteiger partial charge in [-0.15, -0.1) is 23.2 Å². The average molecular weight is 262 g/mol. The van der Waals surface area contributed by atoms with Gasteiger partial charge in [-0.25, -0.2) is 4.79 Å². The first-order chi connectivity index (χ1) is 4.68. The molecular formula is C4H5Cl5O2. The van der Waals surface area contributed by atoms with E-state index in [1.54, 1.807) is 6.92 Å². The van der Waals surface area contributed by atoms with Crippen molar-refractivity contribution >= 4 is 64.0 Å². The monoisotopic (exact) mass is 260 g/mol. The molecule has 0 aromatic rings. The van der Waals surface area contributed by atoms with Gasteiger partial charge in [0.15, 0.2) is 0 Å². The van der Waals surface area contributed by atoms with Crippen LogP contribution in [0, 0.1) is 0 Å². The Bertz CT molecular complexity index is 115. The molecule has 0 atom stereocenters. The van der Waals surface area contributed by atoms with Gasteiger partial charge in [0.2, 0.25) is 0 Å². The van der Waals surface area contributed by atoms with Crippen molar-refractivity contribution in [2.24, 2.45) is 0 Å². The molecule has 0 unspecified atom stereocenters. The first kappa shape index (κ1) is 14.4. The average Bonchev–Trinajstić information content (AvgIpc) is 1.59. The molecule has 68 valence electrons.